The Labute approximate surface area is 27.2 Å². The van der Waals surface area contributed by atoms with Gasteiger partial charge in [-0.2, -0.15) is 0 Å². The van der Waals surface area contributed by atoms with Crippen LogP contribution in [-0.4, -0.2) is 14.2 Å². The van der Waals surface area contributed by atoms with Gasteiger partial charge < -0.3 is 4.90 Å². The zero-order valence-corrected chi connectivity index (χ0v) is 2.60. The quantitative estimate of drug-likeness (QED) is 0.275. The van der Waals surface area contributed by atoms with Gasteiger partial charge in [-0.1, -0.05) is 0 Å². The lowest BCUT2D eigenvalue weighted by Crippen LogP contribution is -1.51. The topological polar surface area (TPSA) is 12.4 Å². The fourth-order valence-electron chi connectivity index (χ4n) is 0. The van der Waals surface area contributed by atoms with Crippen LogP contribution in [0.25, 0.3) is 0 Å². The first kappa shape index (κ1) is 3.73. The van der Waals surface area contributed by atoms with Crippen molar-refractivity contribution in [2.45, 2.75) is 6.92 Å². The third-order valence-electron chi connectivity index (χ3n) is 0.149. The Hall–Kier alpha value is -0.265. The number of rotatable bonds is 0. The molecule has 0 aromatic carbocycles. The maximum absolute atomic E-state index is 4.60. The second-order valence-corrected chi connectivity index (χ2v) is 0.407. The van der Waals surface area contributed by atoms with E-state index >= 15 is 0 Å². The van der Waals surface area contributed by atoms with Crippen molar-refractivity contribution in [1.82, 2.24) is 0 Å². The highest BCUT2D eigenvalue weighted by molar-refractivity contribution is 6.08. The summed E-state index contributed by atoms with van der Waals surface area (Å²) in [7, 11) is 4.60. The van der Waals surface area contributed by atoms with Crippen molar-refractivity contribution in [3.63, 3.8) is 0 Å². The van der Waals surface area contributed by atoms with Crippen molar-refractivity contribution in [3.8, 4) is 0 Å². The lowest BCUT2D eigenvalue weighted by Gasteiger charge is -1.53. The van der Waals surface area contributed by atoms with Crippen molar-refractivity contribution in [1.29, 1.82) is 0 Å². The molecule has 0 N–H and O–H groups in total. The number of hydrogen-bond donors (Lipinski definition) is 0. The first-order valence-corrected chi connectivity index (χ1v) is 1.09. The largest absolute Gasteiger partial charge is 0.368 e. The summed E-state index contributed by atoms with van der Waals surface area (Å²) in [6, 6.07) is 0. The van der Waals surface area contributed by atoms with E-state index in [1.165, 1.54) is 6.21 Å². The van der Waals surface area contributed by atoms with Crippen LogP contribution in [0.3, 0.4) is 0 Å². The Morgan fingerprint density at radius 2 is 2.25 bits per heavy atom. The SMILES string of the molecule is [B]N=CC. The molecular weight excluding hydrogens is 48.8 g/mol. The molecule has 0 heterocycles. The Balaban J connectivity index is 2.55. The summed E-state index contributed by atoms with van der Waals surface area (Å²) in [5, 5.41) is 0. The highest BCUT2D eigenvalue weighted by atomic mass is 14.5. The van der Waals surface area contributed by atoms with Gasteiger partial charge in [0, 0.05) is 0 Å². The molecule has 2 heteroatoms. The molecule has 0 atom stereocenters. The molecule has 0 rings (SSSR count). The predicted octanol–water partition coefficient (Wildman–Crippen LogP) is 0.161. The molecule has 0 unspecified atom stereocenters. The van der Waals surface area contributed by atoms with Crippen LogP contribution >= 0.6 is 0 Å². The Kier molecular flexibility index (Phi) is 2.55. The Bertz CT molecular complexity index is 21.2. The molecule has 0 fully saturated rings. The van der Waals surface area contributed by atoms with Crippen molar-refractivity contribution < 1.29 is 0 Å². The number of nitrogens with zero attached hydrogens (tertiary/aromatic N) is 1. The summed E-state index contributed by atoms with van der Waals surface area (Å²) >= 11 is 0. The molecule has 0 spiro atoms. The third kappa shape index (κ3) is 1.73. The fraction of sp³-hybridized carbons (Fsp3) is 0.500. The van der Waals surface area contributed by atoms with Gasteiger partial charge in [-0.05, 0) is 13.1 Å². The van der Waals surface area contributed by atoms with Gasteiger partial charge in [-0.3, -0.25) is 0 Å². The smallest absolute Gasteiger partial charge is 0.258 e. The summed E-state index contributed by atoms with van der Waals surface area (Å²) in [5.74, 6) is 0. The van der Waals surface area contributed by atoms with E-state index in [9.17, 15) is 0 Å². The molecule has 0 aliphatic rings. The Morgan fingerprint density at radius 1 is 2.00 bits per heavy atom. The standard InChI is InChI=1S/C2H4BN/c1-2-4-3/h2H,1H3. The third-order valence-corrected chi connectivity index (χ3v) is 0.149. The summed E-state index contributed by atoms with van der Waals surface area (Å²) in [5.41, 5.74) is 0. The predicted molar refractivity (Wildman–Crippen MR) is 19.9 cm³/mol. The minimum absolute atomic E-state index is 1.53. The van der Waals surface area contributed by atoms with Gasteiger partial charge in [-0.15, -0.1) is 0 Å². The van der Waals surface area contributed by atoms with E-state index in [0.29, 0.717) is 0 Å². The van der Waals surface area contributed by atoms with Crippen molar-refractivity contribution in [3.05, 3.63) is 0 Å². The zero-order chi connectivity index (χ0) is 3.41. The highest BCUT2D eigenvalue weighted by Gasteiger charge is 1.34. The van der Waals surface area contributed by atoms with Gasteiger partial charge in [0.25, 0.3) is 7.98 Å². The van der Waals surface area contributed by atoms with Gasteiger partial charge in [0.1, 0.15) is 0 Å². The van der Waals surface area contributed by atoms with E-state index in [1.54, 1.807) is 6.92 Å². The van der Waals surface area contributed by atoms with Gasteiger partial charge in [0.05, 0.1) is 0 Å². The van der Waals surface area contributed by atoms with E-state index in [-0.39, 0.29) is 0 Å². The lowest BCUT2D eigenvalue weighted by molar-refractivity contribution is 1.86. The second kappa shape index (κ2) is 2.73. The first-order chi connectivity index (χ1) is 1.91. The van der Waals surface area contributed by atoms with Gasteiger partial charge >= 0.3 is 0 Å². The van der Waals surface area contributed by atoms with Crippen LogP contribution < -0.4 is 0 Å². The summed E-state index contributed by atoms with van der Waals surface area (Å²) in [4.78, 5) is 3.11. The average Bonchev–Trinajstić information content (AvgIpc) is 1.37. The van der Waals surface area contributed by atoms with Crippen LogP contribution in [0.4, 0.5) is 0 Å². The average molecular weight is 52.9 g/mol. The fourth-order valence-corrected chi connectivity index (χ4v) is 0. The molecule has 0 saturated heterocycles. The lowest BCUT2D eigenvalue weighted by atomic mass is 10.5. The molecule has 0 aromatic rings. The van der Waals surface area contributed by atoms with Crippen molar-refractivity contribution in [2.75, 3.05) is 0 Å². The second-order valence-electron chi connectivity index (χ2n) is 0.407. The molecular formula is C2H4BN. The van der Waals surface area contributed by atoms with E-state index in [4.69, 9.17) is 0 Å². The molecule has 0 aliphatic carbocycles. The molecule has 0 aliphatic heterocycles. The minimum atomic E-state index is 1.53. The van der Waals surface area contributed by atoms with Crippen molar-refractivity contribution in [2.24, 2.45) is 4.90 Å². The molecule has 4 heavy (non-hydrogen) atoms. The van der Waals surface area contributed by atoms with E-state index < -0.39 is 0 Å². The van der Waals surface area contributed by atoms with Gasteiger partial charge in [-0.25, -0.2) is 0 Å². The maximum atomic E-state index is 4.60. The summed E-state index contributed by atoms with van der Waals surface area (Å²) < 4.78 is 0. The summed E-state index contributed by atoms with van der Waals surface area (Å²) in [6.45, 7) is 1.76. The normalized spacial score (nSPS) is 9.25. The van der Waals surface area contributed by atoms with E-state index in [2.05, 4.69) is 12.9 Å². The van der Waals surface area contributed by atoms with Crippen LogP contribution in [0.2, 0.25) is 0 Å². The van der Waals surface area contributed by atoms with Crippen LogP contribution in [0, 0.1) is 0 Å². The highest BCUT2D eigenvalue weighted by Crippen LogP contribution is 1.37. The molecule has 2 radical (unpaired) electrons. The van der Waals surface area contributed by atoms with Crippen LogP contribution in [0.5, 0.6) is 0 Å². The van der Waals surface area contributed by atoms with Crippen LogP contribution in [0.15, 0.2) is 4.90 Å². The molecule has 0 bridgehead atoms. The molecule has 0 aromatic heterocycles. The zero-order valence-electron chi connectivity index (χ0n) is 2.60. The maximum Gasteiger partial charge on any atom is 0.258 e. The van der Waals surface area contributed by atoms with Crippen LogP contribution in [-0.2, 0) is 0 Å². The molecule has 0 saturated carbocycles. The van der Waals surface area contributed by atoms with Crippen LogP contribution in [0.1, 0.15) is 6.92 Å². The van der Waals surface area contributed by atoms with Gasteiger partial charge in [0.15, 0.2) is 0 Å². The van der Waals surface area contributed by atoms with E-state index in [0.717, 1.165) is 0 Å². The monoisotopic (exact) mass is 53.0 g/mol. The van der Waals surface area contributed by atoms with Crippen molar-refractivity contribution >= 4 is 14.2 Å². The first-order valence-electron chi connectivity index (χ1n) is 1.09. The van der Waals surface area contributed by atoms with Gasteiger partial charge in [0.2, 0.25) is 0 Å². The number of hydrogen-bond acceptors (Lipinski definition) is 1. The molecule has 0 amide bonds. The van der Waals surface area contributed by atoms with E-state index in [1.807, 2.05) is 0 Å². The Morgan fingerprint density at radius 3 is 2.25 bits per heavy atom. The minimum Gasteiger partial charge on any atom is -0.368 e. The molecule has 1 nitrogen and oxygen atoms in total. The molecule has 20 valence electrons. The summed E-state index contributed by atoms with van der Waals surface area (Å²) in [6.07, 6.45) is 1.53.